The van der Waals surface area contributed by atoms with Gasteiger partial charge in [0.1, 0.15) is 0 Å². The van der Waals surface area contributed by atoms with Gasteiger partial charge in [0.05, 0.1) is 14.9 Å². The van der Waals surface area contributed by atoms with Crippen molar-refractivity contribution in [2.45, 2.75) is 0 Å². The first-order valence-electron chi connectivity index (χ1n) is 0.632. The van der Waals surface area contributed by atoms with Gasteiger partial charge >= 0.3 is 0 Å². The Kier molecular flexibility index (Phi) is 5.88. The van der Waals surface area contributed by atoms with E-state index in [0.717, 1.165) is 0 Å². The maximum absolute atomic E-state index is 8.60. The van der Waals surface area contributed by atoms with E-state index in [1.807, 2.05) is 0 Å². The van der Waals surface area contributed by atoms with Crippen LogP contribution in [0.5, 0.6) is 0 Å². The Labute approximate surface area is 66.1 Å². The maximum atomic E-state index is 8.60. The van der Waals surface area contributed by atoms with E-state index in [-0.39, 0.29) is 37.7 Å². The molecule has 0 heterocycles. The van der Waals surface area contributed by atoms with Crippen LogP contribution < -0.4 is 14.0 Å². The van der Waals surface area contributed by atoms with E-state index in [0.29, 0.717) is 0 Å². The van der Waals surface area contributed by atoms with Crippen LogP contribution in [0.2, 0.25) is 0 Å². The Hall–Kier alpha value is 1.39. The fraction of sp³-hybridized carbons (Fsp3) is 0. The first kappa shape index (κ1) is 10.4. The van der Waals surface area contributed by atoms with Crippen LogP contribution in [0.1, 0.15) is 0 Å². The van der Waals surface area contributed by atoms with Crippen LogP contribution in [0.25, 0.3) is 0 Å². The summed E-state index contributed by atoms with van der Waals surface area (Å²) in [5.74, 6) is 0. The molecule has 0 aliphatic carbocycles. The molecule has 0 saturated carbocycles. The molecule has 0 aliphatic heterocycles. The molecule has 0 saturated heterocycles. The van der Waals surface area contributed by atoms with E-state index in [1.165, 1.54) is 0 Å². The summed E-state index contributed by atoms with van der Waals surface area (Å²) in [6, 6.07) is 0. The molecule has 0 bridgehead atoms. The van der Waals surface area contributed by atoms with Crippen molar-refractivity contribution in [2.75, 3.05) is 0 Å². The summed E-state index contributed by atoms with van der Waals surface area (Å²) in [7, 11) is -4.69. The standard InChI is InChI=1S/Ca.ClHO4/c;2-1(3,4)5/h;(H,2,3,4,5). The van der Waals surface area contributed by atoms with Gasteiger partial charge in [-0.25, -0.2) is 0 Å². The van der Waals surface area contributed by atoms with Crippen molar-refractivity contribution in [3.05, 3.63) is 0 Å². The van der Waals surface area contributed by atoms with E-state index in [1.54, 1.807) is 0 Å². The second kappa shape index (κ2) is 3.40. The quantitative estimate of drug-likeness (QED) is 0.344. The van der Waals surface area contributed by atoms with Gasteiger partial charge in [0.15, 0.2) is 0 Å². The minimum absolute atomic E-state index is 0. The Morgan fingerprint density at radius 3 is 1.17 bits per heavy atom. The molecule has 0 atom stereocenters. The molecule has 4 nitrogen and oxygen atoms in total. The normalized spacial score (nSPS) is 10.0. The molecule has 0 amide bonds. The number of hydrogen-bond acceptors (Lipinski definition) is 4. The van der Waals surface area contributed by atoms with Crippen molar-refractivity contribution in [2.24, 2.45) is 0 Å². The van der Waals surface area contributed by atoms with E-state index in [4.69, 9.17) is 18.6 Å². The van der Waals surface area contributed by atoms with Gasteiger partial charge in [-0.15, -0.1) is 0 Å². The number of halogens is 1. The largest absolute Gasteiger partial charge is 0.183 e. The van der Waals surface area contributed by atoms with E-state index < -0.39 is 10.2 Å². The summed E-state index contributed by atoms with van der Waals surface area (Å²) in [4.78, 5) is 0. The third-order valence-corrected chi connectivity index (χ3v) is 0. The zero-order chi connectivity index (χ0) is 4.50. The summed E-state index contributed by atoms with van der Waals surface area (Å²) in [5, 5.41) is 0. The first-order valence-corrected chi connectivity index (χ1v) is 1.90. The molecule has 2 radical (unpaired) electrons. The van der Waals surface area contributed by atoms with Gasteiger partial charge < -0.3 is 0 Å². The molecular weight excluding hydrogens is 140 g/mol. The molecule has 6 heavy (non-hydrogen) atoms. The summed E-state index contributed by atoms with van der Waals surface area (Å²) >= 11 is 0. The second-order valence-electron chi connectivity index (χ2n) is 0.396. The monoisotopic (exact) mass is 140 g/mol. The van der Waals surface area contributed by atoms with Gasteiger partial charge in [-0.2, -0.15) is 14.0 Å². The van der Waals surface area contributed by atoms with Gasteiger partial charge in [-0.05, 0) is 0 Å². The van der Waals surface area contributed by atoms with Gasteiger partial charge in [0.2, 0.25) is 0 Å². The summed E-state index contributed by atoms with van der Waals surface area (Å²) in [6.07, 6.45) is 0. The van der Waals surface area contributed by atoms with Gasteiger partial charge in [-0.1, -0.05) is 0 Å². The van der Waals surface area contributed by atoms with E-state index in [9.17, 15) is 0 Å². The van der Waals surface area contributed by atoms with Crippen molar-refractivity contribution < 1.29 is 28.9 Å². The predicted octanol–water partition coefficient (Wildman–Crippen LogP) is -4.50. The predicted molar refractivity (Wildman–Crippen MR) is 7.97 cm³/mol. The minimum Gasteiger partial charge on any atom is -0.183 e. The van der Waals surface area contributed by atoms with Crippen LogP contribution in [0.15, 0.2) is 0 Å². The molecule has 6 heteroatoms. The SMILES string of the molecule is [Ca].[O-][Cl+3]([O-])([O-])O. The summed E-state index contributed by atoms with van der Waals surface area (Å²) < 4.78 is 32.7. The Balaban J connectivity index is 0. The van der Waals surface area contributed by atoms with E-state index in [2.05, 4.69) is 0 Å². The van der Waals surface area contributed by atoms with Crippen LogP contribution in [0, 0.1) is 10.2 Å². The van der Waals surface area contributed by atoms with Crippen molar-refractivity contribution in [3.63, 3.8) is 0 Å². The third-order valence-electron chi connectivity index (χ3n) is 0. The molecule has 0 fully saturated rings. The topological polar surface area (TPSA) is 89.4 Å². The van der Waals surface area contributed by atoms with Crippen molar-refractivity contribution >= 4 is 37.7 Å². The molecule has 0 aromatic carbocycles. The average Bonchev–Trinajstić information content (AvgIpc) is 0.722. The Bertz CT molecular complexity index is 23.0. The molecule has 0 spiro atoms. The second-order valence-corrected chi connectivity index (χ2v) is 1.19. The zero-order valence-electron chi connectivity index (χ0n) is 2.76. The van der Waals surface area contributed by atoms with Gasteiger partial charge in [-0.3, -0.25) is 0 Å². The van der Waals surface area contributed by atoms with Crippen LogP contribution in [0.3, 0.4) is 0 Å². The van der Waals surface area contributed by atoms with Crippen LogP contribution in [0.4, 0.5) is 0 Å². The summed E-state index contributed by atoms with van der Waals surface area (Å²) in [5.41, 5.74) is 0. The van der Waals surface area contributed by atoms with Crippen molar-refractivity contribution in [1.29, 1.82) is 0 Å². The Morgan fingerprint density at radius 1 is 1.17 bits per heavy atom. The molecular formula is HCaClO4. The van der Waals surface area contributed by atoms with Crippen LogP contribution in [-0.4, -0.2) is 42.4 Å². The molecule has 0 unspecified atom stereocenters. The van der Waals surface area contributed by atoms with E-state index >= 15 is 0 Å². The summed E-state index contributed by atoms with van der Waals surface area (Å²) in [6.45, 7) is 0. The fourth-order valence-electron chi connectivity index (χ4n) is 0. The number of hydrogen-bond donors (Lipinski definition) is 1. The third kappa shape index (κ3) is 53.8. The van der Waals surface area contributed by atoms with Crippen LogP contribution in [-0.2, 0) is 0 Å². The first-order chi connectivity index (χ1) is 2.00. The number of rotatable bonds is 0. The Morgan fingerprint density at radius 2 is 1.17 bits per heavy atom. The average molecular weight is 141 g/mol. The molecule has 0 aromatic heterocycles. The molecule has 1 N–H and O–H groups in total. The molecule has 34 valence electrons. The fourth-order valence-corrected chi connectivity index (χ4v) is 0. The smallest absolute Gasteiger partial charge is 0.0777 e. The maximum Gasteiger partial charge on any atom is 0.0777 e. The van der Waals surface area contributed by atoms with Crippen molar-refractivity contribution in [3.8, 4) is 0 Å². The van der Waals surface area contributed by atoms with Gasteiger partial charge in [0, 0.05) is 37.7 Å². The zero-order valence-corrected chi connectivity index (χ0v) is 5.72. The van der Waals surface area contributed by atoms with Crippen LogP contribution >= 0.6 is 0 Å². The molecule has 0 rings (SSSR count). The molecule has 0 aromatic rings. The minimum atomic E-state index is -4.69. The van der Waals surface area contributed by atoms with Gasteiger partial charge in [0.25, 0.3) is 0 Å². The van der Waals surface area contributed by atoms with Crippen molar-refractivity contribution in [1.82, 2.24) is 0 Å². The molecule has 0 aliphatic rings.